The van der Waals surface area contributed by atoms with E-state index in [1.165, 1.54) is 16.0 Å². The lowest BCUT2D eigenvalue weighted by molar-refractivity contribution is 0.239. The third-order valence-electron chi connectivity index (χ3n) is 7.52. The van der Waals surface area contributed by atoms with E-state index in [4.69, 9.17) is 30.8 Å². The Balaban J connectivity index is 1.29. The molecule has 2 atom stereocenters. The van der Waals surface area contributed by atoms with Gasteiger partial charge in [-0.05, 0) is 66.8 Å². The first-order valence-corrected chi connectivity index (χ1v) is 14.9. The van der Waals surface area contributed by atoms with Gasteiger partial charge in [0.2, 0.25) is 0 Å². The summed E-state index contributed by atoms with van der Waals surface area (Å²) < 4.78 is 17.7. The van der Waals surface area contributed by atoms with E-state index >= 15 is 0 Å². The van der Waals surface area contributed by atoms with Gasteiger partial charge in [0.25, 0.3) is 5.56 Å². The summed E-state index contributed by atoms with van der Waals surface area (Å²) in [6, 6.07) is 11.8. The number of nitrogens with zero attached hydrogens (tertiary/aromatic N) is 1. The number of fused-ring (bicyclic) bond motifs is 3. The van der Waals surface area contributed by atoms with Crippen LogP contribution < -0.4 is 19.8 Å². The fourth-order valence-corrected chi connectivity index (χ4v) is 6.79. The highest BCUT2D eigenvalue weighted by Crippen LogP contribution is 2.40. The van der Waals surface area contributed by atoms with E-state index in [0.717, 1.165) is 41.6 Å². The van der Waals surface area contributed by atoms with Crippen molar-refractivity contribution in [3.05, 3.63) is 67.8 Å². The number of thiophene rings is 1. The molecule has 0 unspecified atom stereocenters. The molecule has 0 spiro atoms. The van der Waals surface area contributed by atoms with Gasteiger partial charge in [0, 0.05) is 16.9 Å². The van der Waals surface area contributed by atoms with Crippen molar-refractivity contribution in [2.45, 2.75) is 58.8 Å². The minimum Gasteiger partial charge on any atom is -0.493 e. The molecule has 2 aromatic heterocycles. The van der Waals surface area contributed by atoms with Crippen molar-refractivity contribution in [1.29, 1.82) is 0 Å². The van der Waals surface area contributed by atoms with E-state index < -0.39 is 0 Å². The van der Waals surface area contributed by atoms with Gasteiger partial charge in [0.1, 0.15) is 16.4 Å². The maximum atomic E-state index is 13.1. The Bertz CT molecular complexity index is 1530. The highest BCUT2D eigenvalue weighted by Gasteiger charge is 2.24. The molecule has 0 radical (unpaired) electrons. The van der Waals surface area contributed by atoms with E-state index in [0.29, 0.717) is 59.4 Å². The van der Waals surface area contributed by atoms with Gasteiger partial charge in [-0.15, -0.1) is 11.3 Å². The fraction of sp³-hybridized carbons (Fsp3) is 0.419. The van der Waals surface area contributed by atoms with Gasteiger partial charge in [0.05, 0.1) is 30.7 Å². The summed E-state index contributed by atoms with van der Waals surface area (Å²) in [5.41, 5.74) is 2.96. The number of methoxy groups -OCH3 is 1. The van der Waals surface area contributed by atoms with Crippen LogP contribution in [0.15, 0.2) is 41.2 Å². The molecule has 5 rings (SSSR count). The van der Waals surface area contributed by atoms with Crippen LogP contribution in [0.3, 0.4) is 0 Å². The lowest BCUT2D eigenvalue weighted by Crippen LogP contribution is -2.13. The Morgan fingerprint density at radius 3 is 2.77 bits per heavy atom. The average molecular weight is 567 g/mol. The third-order valence-corrected chi connectivity index (χ3v) is 8.95. The Kier molecular flexibility index (Phi) is 8.48. The number of aromatic amines is 1. The Morgan fingerprint density at radius 2 is 1.97 bits per heavy atom. The number of benzene rings is 2. The largest absolute Gasteiger partial charge is 0.493 e. The zero-order chi connectivity index (χ0) is 27.5. The third kappa shape index (κ3) is 5.80. The summed E-state index contributed by atoms with van der Waals surface area (Å²) in [5.74, 6) is 3.42. The molecule has 1 N–H and O–H groups in total. The van der Waals surface area contributed by atoms with Gasteiger partial charge in [-0.3, -0.25) is 4.79 Å². The van der Waals surface area contributed by atoms with Gasteiger partial charge in [-0.2, -0.15) is 0 Å². The Morgan fingerprint density at radius 1 is 1.18 bits per heavy atom. The number of aryl methyl sites for hydroxylation is 1. The van der Waals surface area contributed by atoms with Crippen LogP contribution in [-0.2, 0) is 12.8 Å². The molecule has 0 saturated carbocycles. The summed E-state index contributed by atoms with van der Waals surface area (Å²) >= 11 is 8.28. The Hall–Kier alpha value is -3.03. The molecule has 0 bridgehead atoms. The van der Waals surface area contributed by atoms with Crippen LogP contribution in [0.1, 0.15) is 62.0 Å². The number of nitrogens with one attached hydrogen (secondary N) is 1. The molecule has 0 fully saturated rings. The zero-order valence-electron chi connectivity index (χ0n) is 22.9. The molecule has 0 amide bonds. The molecule has 0 saturated heterocycles. The van der Waals surface area contributed by atoms with Crippen molar-refractivity contribution >= 4 is 33.2 Å². The summed E-state index contributed by atoms with van der Waals surface area (Å²) in [4.78, 5) is 22.9. The molecule has 2 aromatic carbocycles. The number of ether oxygens (including phenoxy) is 3. The minimum atomic E-state index is -0.104. The van der Waals surface area contributed by atoms with Crippen molar-refractivity contribution in [1.82, 2.24) is 9.97 Å². The second-order valence-electron chi connectivity index (χ2n) is 10.3. The number of H-pyrrole nitrogens is 1. The van der Waals surface area contributed by atoms with Crippen LogP contribution in [0.2, 0.25) is 5.02 Å². The van der Waals surface area contributed by atoms with E-state index in [2.05, 4.69) is 31.8 Å². The molecule has 8 heteroatoms. The van der Waals surface area contributed by atoms with Crippen LogP contribution in [0.4, 0.5) is 0 Å². The smallest absolute Gasteiger partial charge is 0.260 e. The molecule has 1 aliphatic carbocycles. The van der Waals surface area contributed by atoms with E-state index in [-0.39, 0.29) is 5.56 Å². The summed E-state index contributed by atoms with van der Waals surface area (Å²) in [7, 11) is 1.57. The van der Waals surface area contributed by atoms with Crippen molar-refractivity contribution in [2.75, 3.05) is 20.3 Å². The quantitative estimate of drug-likeness (QED) is 0.198. The summed E-state index contributed by atoms with van der Waals surface area (Å²) in [5, 5.41) is 1.13. The second-order valence-corrected chi connectivity index (χ2v) is 11.8. The first-order valence-electron chi connectivity index (χ1n) is 13.7. The predicted octanol–water partition coefficient (Wildman–Crippen LogP) is 7.80. The number of aromatic nitrogens is 2. The number of para-hydroxylation sites is 1. The average Bonchev–Trinajstić information content (AvgIpc) is 3.31. The van der Waals surface area contributed by atoms with Crippen LogP contribution in [0.25, 0.3) is 21.6 Å². The summed E-state index contributed by atoms with van der Waals surface area (Å²) in [6.07, 6.45) is 4.78. The van der Waals surface area contributed by atoms with Gasteiger partial charge in [-0.25, -0.2) is 4.98 Å². The van der Waals surface area contributed by atoms with E-state index in [9.17, 15) is 4.79 Å². The van der Waals surface area contributed by atoms with E-state index in [1.54, 1.807) is 30.6 Å². The molecule has 6 nitrogen and oxygen atoms in total. The molecular weight excluding hydrogens is 532 g/mol. The predicted molar refractivity (Wildman–Crippen MR) is 159 cm³/mol. The zero-order valence-corrected chi connectivity index (χ0v) is 24.5. The van der Waals surface area contributed by atoms with Gasteiger partial charge >= 0.3 is 0 Å². The molecule has 206 valence electrons. The SMILES string of the molecule is CC[C@@H](C)c1ccccc1OCCCOc1c(Cl)cc(-c2nc3sc4c(c3c(=O)[nH]2)CC[C@@H](C)C4)cc1OC. The Labute approximate surface area is 238 Å². The highest BCUT2D eigenvalue weighted by atomic mass is 35.5. The van der Waals surface area contributed by atoms with Crippen LogP contribution >= 0.6 is 22.9 Å². The fourth-order valence-electron chi connectivity index (χ4n) is 5.14. The van der Waals surface area contributed by atoms with Crippen LogP contribution in [0, 0.1) is 5.92 Å². The molecule has 2 heterocycles. The lowest BCUT2D eigenvalue weighted by Gasteiger charge is -2.17. The number of rotatable bonds is 10. The first kappa shape index (κ1) is 27.5. The molecular formula is C31H35ClN2O4S. The van der Waals surface area contributed by atoms with Crippen LogP contribution in [0.5, 0.6) is 17.2 Å². The molecule has 39 heavy (non-hydrogen) atoms. The monoisotopic (exact) mass is 566 g/mol. The maximum Gasteiger partial charge on any atom is 0.260 e. The normalized spacial score (nSPS) is 15.7. The number of hydrogen-bond acceptors (Lipinski definition) is 6. The highest BCUT2D eigenvalue weighted by molar-refractivity contribution is 7.18. The van der Waals surface area contributed by atoms with Gasteiger partial charge in [-0.1, -0.05) is 50.6 Å². The topological polar surface area (TPSA) is 73.4 Å². The number of halogens is 1. The van der Waals surface area contributed by atoms with Crippen molar-refractivity contribution in [3.63, 3.8) is 0 Å². The second kappa shape index (κ2) is 12.0. The lowest BCUT2D eigenvalue weighted by atomic mass is 9.89. The van der Waals surface area contributed by atoms with Crippen LogP contribution in [-0.4, -0.2) is 30.3 Å². The standard InChI is InChI=1S/C31H35ClN2O4S/c1-5-19(3)21-9-6-7-10-24(21)37-13-8-14-38-28-23(32)16-20(17-25(28)36-4)29-33-30(35)27-22-12-11-18(2)15-26(22)39-31(27)34-29/h6-7,9-10,16-19H,5,8,11-15H2,1-4H3,(H,33,34,35)/t18-,19-/m1/s1. The van der Waals surface area contributed by atoms with E-state index in [1.807, 2.05) is 18.2 Å². The molecule has 1 aliphatic rings. The van der Waals surface area contributed by atoms with Crippen molar-refractivity contribution < 1.29 is 14.2 Å². The van der Waals surface area contributed by atoms with Gasteiger partial charge < -0.3 is 19.2 Å². The van der Waals surface area contributed by atoms with Gasteiger partial charge in [0.15, 0.2) is 11.5 Å². The maximum absolute atomic E-state index is 13.1. The molecule has 4 aromatic rings. The van der Waals surface area contributed by atoms with Crippen molar-refractivity contribution in [3.8, 4) is 28.6 Å². The summed E-state index contributed by atoms with van der Waals surface area (Å²) in [6.45, 7) is 7.59. The molecule has 0 aliphatic heterocycles. The minimum absolute atomic E-state index is 0.104. The number of hydrogen-bond donors (Lipinski definition) is 1. The first-order chi connectivity index (χ1) is 18.9. The van der Waals surface area contributed by atoms with Crippen molar-refractivity contribution in [2.24, 2.45) is 5.92 Å².